The number of anilines is 2. The number of carbonyl (C=O) groups is 2. The van der Waals surface area contributed by atoms with Crippen LogP contribution < -0.4 is 35.6 Å². The van der Waals surface area contributed by atoms with Crippen LogP contribution in [0.1, 0.15) is 41.9 Å². The van der Waals surface area contributed by atoms with Crippen LogP contribution in [0.25, 0.3) is 11.1 Å². The van der Waals surface area contributed by atoms with Gasteiger partial charge in [0, 0.05) is 19.6 Å². The second kappa shape index (κ2) is 15.2. The predicted octanol–water partition coefficient (Wildman–Crippen LogP) is 4.03. The topological polar surface area (TPSA) is 150 Å². The van der Waals surface area contributed by atoms with E-state index >= 15 is 0 Å². The third kappa shape index (κ3) is 7.42. The normalized spacial score (nSPS) is 14.4. The number of methoxy groups -OCH3 is 4. The summed E-state index contributed by atoms with van der Waals surface area (Å²) in [4.78, 5) is 39.4. The average Bonchev–Trinajstić information content (AvgIpc) is 3.31. The minimum absolute atomic E-state index is 0.217. The standard InChI is InChI=1S/C30H37N5O7S2/c1-16(36)31-20-9-7-17-13-24(40-3)27(41-4)28(42-5)26(17)18-8-10-21(23(37)14-19(18)20)32-22(11-12-43-6)29(38)33-30-35-34-25(44-30)15-39-2/h8,10,13-14,20,22H,7,9,11-12,15H2,1-6H3,(H,31,36)(H,32,37)(H,33,35,38)/t20-,22-/m0/s1. The fourth-order valence-corrected chi connectivity index (χ4v) is 6.38. The monoisotopic (exact) mass is 643 g/mol. The molecule has 0 aliphatic heterocycles. The second-order valence-electron chi connectivity index (χ2n) is 10.00. The van der Waals surface area contributed by atoms with Gasteiger partial charge in [-0.3, -0.25) is 19.7 Å². The van der Waals surface area contributed by atoms with E-state index in [-0.39, 0.29) is 22.9 Å². The van der Waals surface area contributed by atoms with Crippen molar-refractivity contribution in [3.63, 3.8) is 0 Å². The lowest BCUT2D eigenvalue weighted by molar-refractivity contribution is -0.120. The van der Waals surface area contributed by atoms with Crippen molar-refractivity contribution in [3.05, 3.63) is 50.6 Å². The van der Waals surface area contributed by atoms with Gasteiger partial charge in [-0.05, 0) is 66.2 Å². The van der Waals surface area contributed by atoms with Crippen LogP contribution >= 0.6 is 23.1 Å². The molecule has 0 saturated heterocycles. The largest absolute Gasteiger partial charge is 0.493 e. The van der Waals surface area contributed by atoms with Crippen molar-refractivity contribution in [1.82, 2.24) is 15.5 Å². The summed E-state index contributed by atoms with van der Waals surface area (Å²) < 4.78 is 22.2. The molecular weight excluding hydrogens is 606 g/mol. The molecule has 4 rings (SSSR count). The summed E-state index contributed by atoms with van der Waals surface area (Å²) in [5, 5.41) is 18.0. The summed E-state index contributed by atoms with van der Waals surface area (Å²) in [5.74, 6) is 1.52. The number of amides is 2. The van der Waals surface area contributed by atoms with Gasteiger partial charge in [0.1, 0.15) is 17.7 Å². The Balaban J connectivity index is 1.80. The van der Waals surface area contributed by atoms with Gasteiger partial charge < -0.3 is 29.6 Å². The maximum Gasteiger partial charge on any atom is 0.248 e. The molecule has 1 heterocycles. The molecule has 1 aliphatic rings. The van der Waals surface area contributed by atoms with Crippen LogP contribution in [0.3, 0.4) is 0 Å². The minimum Gasteiger partial charge on any atom is -0.493 e. The number of hydrogen-bond acceptors (Lipinski definition) is 12. The first-order valence-electron chi connectivity index (χ1n) is 13.9. The lowest BCUT2D eigenvalue weighted by atomic mass is 9.95. The second-order valence-corrected chi connectivity index (χ2v) is 12.0. The van der Waals surface area contributed by atoms with Crippen molar-refractivity contribution in [1.29, 1.82) is 0 Å². The zero-order chi connectivity index (χ0) is 31.8. The van der Waals surface area contributed by atoms with Gasteiger partial charge in [0.05, 0.1) is 33.1 Å². The van der Waals surface area contributed by atoms with Crippen LogP contribution in [-0.2, 0) is 27.4 Å². The lowest BCUT2D eigenvalue weighted by Crippen LogP contribution is -2.36. The number of carbonyl (C=O) groups excluding carboxylic acids is 2. The first kappa shape index (κ1) is 33.0. The van der Waals surface area contributed by atoms with Gasteiger partial charge in [-0.15, -0.1) is 10.2 Å². The Labute approximate surface area is 264 Å². The van der Waals surface area contributed by atoms with Crippen LogP contribution in [0.2, 0.25) is 0 Å². The first-order chi connectivity index (χ1) is 21.2. The number of hydrogen-bond donors (Lipinski definition) is 3. The zero-order valence-corrected chi connectivity index (χ0v) is 27.2. The van der Waals surface area contributed by atoms with Gasteiger partial charge >= 0.3 is 0 Å². The Morgan fingerprint density at radius 1 is 1.09 bits per heavy atom. The van der Waals surface area contributed by atoms with E-state index in [2.05, 4.69) is 26.1 Å². The number of aryl methyl sites for hydroxylation is 1. The molecule has 44 heavy (non-hydrogen) atoms. The molecule has 0 unspecified atom stereocenters. The van der Waals surface area contributed by atoms with E-state index in [1.807, 2.05) is 18.4 Å². The van der Waals surface area contributed by atoms with E-state index in [0.717, 1.165) is 11.1 Å². The smallest absolute Gasteiger partial charge is 0.248 e. The number of rotatable bonds is 13. The van der Waals surface area contributed by atoms with E-state index in [4.69, 9.17) is 18.9 Å². The fourth-order valence-electron chi connectivity index (χ4n) is 5.20. The Bertz CT molecular complexity index is 1570. The third-order valence-corrected chi connectivity index (χ3v) is 8.59. The number of thioether (sulfide) groups is 1. The minimum atomic E-state index is -0.732. The molecule has 0 radical (unpaired) electrons. The summed E-state index contributed by atoms with van der Waals surface area (Å²) in [5.41, 5.74) is 2.90. The Hall–Kier alpha value is -3.88. The highest BCUT2D eigenvalue weighted by Gasteiger charge is 2.30. The highest BCUT2D eigenvalue weighted by Crippen LogP contribution is 2.50. The number of aromatic nitrogens is 2. The quantitative estimate of drug-likeness (QED) is 0.248. The molecule has 3 aromatic rings. The van der Waals surface area contributed by atoms with Gasteiger partial charge in [0.2, 0.25) is 28.1 Å². The lowest BCUT2D eigenvalue weighted by Gasteiger charge is -2.19. The van der Waals surface area contributed by atoms with Crippen LogP contribution in [0.5, 0.6) is 17.2 Å². The van der Waals surface area contributed by atoms with E-state index in [1.165, 1.54) is 31.4 Å². The van der Waals surface area contributed by atoms with Crippen molar-refractivity contribution in [2.24, 2.45) is 0 Å². The average molecular weight is 644 g/mol. The van der Waals surface area contributed by atoms with Crippen molar-refractivity contribution in [2.75, 3.05) is 51.1 Å². The number of nitrogens with zero attached hydrogens (tertiary/aromatic N) is 2. The molecule has 0 fully saturated rings. The summed E-state index contributed by atoms with van der Waals surface area (Å²) in [6.45, 7) is 1.74. The number of fused-ring (bicyclic) bond motifs is 3. The van der Waals surface area contributed by atoms with E-state index in [1.54, 1.807) is 39.2 Å². The van der Waals surface area contributed by atoms with Gasteiger partial charge in [-0.25, -0.2) is 0 Å². The van der Waals surface area contributed by atoms with Gasteiger partial charge in [-0.1, -0.05) is 17.4 Å². The van der Waals surface area contributed by atoms with Crippen LogP contribution in [-0.4, -0.2) is 68.5 Å². The van der Waals surface area contributed by atoms with Gasteiger partial charge in [0.25, 0.3) is 0 Å². The summed E-state index contributed by atoms with van der Waals surface area (Å²) in [6, 6.07) is 5.73. The summed E-state index contributed by atoms with van der Waals surface area (Å²) >= 11 is 2.81. The molecule has 0 saturated carbocycles. The molecule has 12 nitrogen and oxygen atoms in total. The van der Waals surface area contributed by atoms with Crippen molar-refractivity contribution in [3.8, 4) is 28.4 Å². The van der Waals surface area contributed by atoms with E-state index in [9.17, 15) is 14.4 Å². The van der Waals surface area contributed by atoms with E-state index < -0.39 is 12.1 Å². The van der Waals surface area contributed by atoms with Crippen LogP contribution in [0.4, 0.5) is 10.8 Å². The number of nitrogens with one attached hydrogen (secondary N) is 3. The molecule has 0 bridgehead atoms. The first-order valence-corrected chi connectivity index (χ1v) is 16.1. The number of benzene rings is 1. The number of ether oxygens (including phenoxy) is 4. The third-order valence-electron chi connectivity index (χ3n) is 7.14. The molecule has 1 aromatic heterocycles. The SMILES string of the molecule is COCc1nnc(NC(=O)[C@H](CCSC)Nc2ccc3c(cc2=O)[C@@H](NC(C)=O)CCc2cc(OC)c(OC)c(OC)c2-3)s1. The van der Waals surface area contributed by atoms with Gasteiger partial charge in [-0.2, -0.15) is 11.8 Å². The highest BCUT2D eigenvalue weighted by molar-refractivity contribution is 7.98. The predicted molar refractivity (Wildman–Crippen MR) is 172 cm³/mol. The Kier molecular flexibility index (Phi) is 11.4. The molecular formula is C30H37N5O7S2. The van der Waals surface area contributed by atoms with Gasteiger partial charge in [0.15, 0.2) is 11.5 Å². The van der Waals surface area contributed by atoms with Crippen LogP contribution in [0.15, 0.2) is 29.1 Å². The highest BCUT2D eigenvalue weighted by atomic mass is 32.2. The van der Waals surface area contributed by atoms with E-state index in [0.29, 0.717) is 70.1 Å². The fraction of sp³-hybridized carbons (Fsp3) is 0.433. The summed E-state index contributed by atoms with van der Waals surface area (Å²) in [6.07, 6.45) is 3.53. The maximum atomic E-state index is 13.8. The zero-order valence-electron chi connectivity index (χ0n) is 25.6. The van der Waals surface area contributed by atoms with Crippen molar-refractivity contribution >= 4 is 45.7 Å². The maximum absolute atomic E-state index is 13.8. The molecule has 236 valence electrons. The molecule has 2 atom stereocenters. The molecule has 2 aromatic carbocycles. The Morgan fingerprint density at radius 3 is 2.52 bits per heavy atom. The summed E-state index contributed by atoms with van der Waals surface area (Å²) in [7, 11) is 6.20. The molecule has 1 aliphatic carbocycles. The Morgan fingerprint density at radius 2 is 1.86 bits per heavy atom. The molecule has 3 N–H and O–H groups in total. The van der Waals surface area contributed by atoms with Crippen LogP contribution in [0, 0.1) is 0 Å². The molecule has 2 amide bonds. The molecule has 0 spiro atoms. The van der Waals surface area contributed by atoms with Crippen molar-refractivity contribution in [2.45, 2.75) is 44.9 Å². The van der Waals surface area contributed by atoms with Crippen molar-refractivity contribution < 1.29 is 28.5 Å². The molecule has 14 heteroatoms.